The first-order valence-electron chi connectivity index (χ1n) is 4.48. The van der Waals surface area contributed by atoms with Gasteiger partial charge in [0.15, 0.2) is 0 Å². The van der Waals surface area contributed by atoms with E-state index in [1.54, 1.807) is 0 Å². The largest absolute Gasteiger partial charge is 0.303 e. The van der Waals surface area contributed by atoms with Crippen molar-refractivity contribution in [3.8, 4) is 0 Å². The minimum Gasteiger partial charge on any atom is -0.303 e. The second-order valence-corrected chi connectivity index (χ2v) is 4.99. The zero-order chi connectivity index (χ0) is 11.7. The van der Waals surface area contributed by atoms with Crippen molar-refractivity contribution in [1.82, 2.24) is 0 Å². The number of carbonyl (C=O) groups is 1. The lowest BCUT2D eigenvalue weighted by Crippen LogP contribution is -2.18. The highest BCUT2D eigenvalue weighted by atomic mass is 127. The van der Waals surface area contributed by atoms with Crippen LogP contribution in [0.15, 0.2) is 21.8 Å². The lowest BCUT2D eigenvalue weighted by molar-refractivity contribution is -0.109. The van der Waals surface area contributed by atoms with Crippen LogP contribution in [0.3, 0.4) is 0 Å². The van der Waals surface area contributed by atoms with E-state index in [9.17, 15) is 4.79 Å². The average Bonchev–Trinajstić information content (AvgIpc) is 2.17. The van der Waals surface area contributed by atoms with Gasteiger partial charge in [0, 0.05) is 27.2 Å². The van der Waals surface area contributed by atoms with E-state index >= 15 is 0 Å². The molecule has 2 nitrogen and oxygen atoms in total. The van der Waals surface area contributed by atoms with Gasteiger partial charge in [-0.2, -0.15) is 0 Å². The van der Waals surface area contributed by atoms with Gasteiger partial charge >= 0.3 is 0 Å². The van der Waals surface area contributed by atoms with E-state index in [4.69, 9.17) is 4.18 Å². The lowest BCUT2D eigenvalue weighted by Gasteiger charge is -2.17. The minimum atomic E-state index is -0.0792. The smallest absolute Gasteiger partial charge is 0.122 e. The van der Waals surface area contributed by atoms with Crippen LogP contribution in [-0.4, -0.2) is 12.4 Å². The van der Waals surface area contributed by atoms with Crippen molar-refractivity contribution in [3.05, 3.63) is 21.8 Å². The van der Waals surface area contributed by atoms with Crippen LogP contribution in [0.2, 0.25) is 0 Å². The van der Waals surface area contributed by atoms with Gasteiger partial charge in [0.25, 0.3) is 0 Å². The van der Waals surface area contributed by atoms with Crippen molar-refractivity contribution in [3.63, 3.8) is 0 Å². The Morgan fingerprint density at radius 2 is 2.33 bits per heavy atom. The second-order valence-electron chi connectivity index (χ2n) is 3.16. The third-order valence-corrected chi connectivity index (χ3v) is 3.06. The Bertz CT molecular complexity index is 244. The Morgan fingerprint density at radius 1 is 1.67 bits per heavy atom. The molecule has 86 valence electrons. The van der Waals surface area contributed by atoms with Gasteiger partial charge in [0.05, 0.1) is 16.6 Å². The number of aldehydes is 1. The van der Waals surface area contributed by atoms with E-state index in [1.807, 2.05) is 24.0 Å². The van der Waals surface area contributed by atoms with Crippen LogP contribution >= 0.6 is 47.9 Å². The summed E-state index contributed by atoms with van der Waals surface area (Å²) in [4.78, 5) is 10.5. The summed E-state index contributed by atoms with van der Waals surface area (Å²) >= 11 is 5.31. The quantitative estimate of drug-likeness (QED) is 0.271. The van der Waals surface area contributed by atoms with Crippen LogP contribution in [0.5, 0.6) is 0 Å². The molecule has 0 aliphatic rings. The number of hydrogen-bond acceptors (Lipinski definition) is 3. The second kappa shape index (κ2) is 9.86. The Kier molecular flexibility index (Phi) is 10.3. The zero-order valence-corrected chi connectivity index (χ0v) is 13.2. The van der Waals surface area contributed by atoms with Crippen molar-refractivity contribution in [2.45, 2.75) is 26.4 Å². The molecule has 0 aromatic rings. The molecular weight excluding hydrogens is 391 g/mol. The molecule has 0 heterocycles. The normalized spacial score (nSPS) is 16.7. The summed E-state index contributed by atoms with van der Waals surface area (Å²) in [5.74, 6) is 0.216. The summed E-state index contributed by atoms with van der Waals surface area (Å²) in [6, 6.07) is 0. The maximum absolute atomic E-state index is 10.5. The van der Waals surface area contributed by atoms with Crippen LogP contribution in [-0.2, 0) is 8.98 Å². The summed E-state index contributed by atoms with van der Waals surface area (Å²) in [5.41, 5.74) is 1.18. The molecule has 0 saturated heterocycles. The molecule has 0 bridgehead atoms. The molecule has 0 aliphatic heterocycles. The van der Waals surface area contributed by atoms with E-state index in [0.29, 0.717) is 6.42 Å². The third kappa shape index (κ3) is 7.54. The molecule has 0 N–H and O–H groups in total. The fourth-order valence-electron chi connectivity index (χ4n) is 1.16. The Hall–Kier alpha value is 0.670. The van der Waals surface area contributed by atoms with Gasteiger partial charge in [-0.3, -0.25) is 0 Å². The van der Waals surface area contributed by atoms with Gasteiger partial charge in [0.1, 0.15) is 6.29 Å². The van der Waals surface area contributed by atoms with E-state index < -0.39 is 0 Å². The molecule has 0 aromatic heterocycles. The summed E-state index contributed by atoms with van der Waals surface area (Å²) in [5, 5.41) is 0. The lowest BCUT2D eigenvalue weighted by atomic mass is 10.00. The Morgan fingerprint density at radius 3 is 2.80 bits per heavy atom. The molecule has 0 unspecified atom stereocenters. The highest BCUT2D eigenvalue weighted by Gasteiger charge is 2.15. The predicted molar refractivity (Wildman–Crippen MR) is 78.2 cm³/mol. The molecule has 0 radical (unpaired) electrons. The molecule has 0 aromatic carbocycles. The maximum Gasteiger partial charge on any atom is 0.122 e. The van der Waals surface area contributed by atoms with Gasteiger partial charge in [0.2, 0.25) is 0 Å². The molecule has 0 fully saturated rings. The van der Waals surface area contributed by atoms with Gasteiger partial charge in [-0.05, 0) is 11.0 Å². The first-order valence-corrected chi connectivity index (χ1v) is 8.31. The summed E-state index contributed by atoms with van der Waals surface area (Å²) < 4.78 is 7.32. The fourth-order valence-corrected chi connectivity index (χ4v) is 2.66. The number of halogens is 2. The summed E-state index contributed by atoms with van der Waals surface area (Å²) in [6.07, 6.45) is 5.35. The molecule has 15 heavy (non-hydrogen) atoms. The number of hydrogen-bond donors (Lipinski definition) is 0. The third-order valence-electron chi connectivity index (χ3n) is 1.93. The van der Waals surface area contributed by atoms with Gasteiger partial charge < -0.3 is 8.98 Å². The highest BCUT2D eigenvalue weighted by Crippen LogP contribution is 2.23. The van der Waals surface area contributed by atoms with Crippen LogP contribution in [0.1, 0.15) is 20.3 Å². The van der Waals surface area contributed by atoms with Gasteiger partial charge in [-0.1, -0.05) is 47.2 Å². The first kappa shape index (κ1) is 15.7. The van der Waals surface area contributed by atoms with Crippen molar-refractivity contribution in [1.29, 1.82) is 0 Å². The molecule has 0 aliphatic carbocycles. The van der Waals surface area contributed by atoms with Crippen LogP contribution in [0, 0.1) is 5.92 Å². The van der Waals surface area contributed by atoms with E-state index in [-0.39, 0.29) is 12.0 Å². The van der Waals surface area contributed by atoms with Gasteiger partial charge in [-0.15, -0.1) is 0 Å². The van der Waals surface area contributed by atoms with Crippen molar-refractivity contribution in [2.24, 2.45) is 5.92 Å². The van der Waals surface area contributed by atoms with E-state index in [1.165, 1.54) is 5.57 Å². The van der Waals surface area contributed by atoms with Crippen molar-refractivity contribution < 1.29 is 8.98 Å². The Balaban J connectivity index is 4.40. The molecule has 2 atom stereocenters. The zero-order valence-electron chi connectivity index (χ0n) is 8.65. The van der Waals surface area contributed by atoms with Gasteiger partial charge in [-0.25, -0.2) is 0 Å². The van der Waals surface area contributed by atoms with E-state index in [0.717, 1.165) is 16.8 Å². The summed E-state index contributed by atoms with van der Waals surface area (Å²) in [7, 11) is 1.12. The standard InChI is InChI=1S/C10H14BrIO2S/c1-8(3-5-12)7-9(2)10(4-6-13)14-15-11/h3,5-7,9-10H,4H2,1-2H3/b5-3-,8-7+/t9-,10-/m0/s1. The monoisotopic (exact) mass is 404 g/mol. The summed E-state index contributed by atoms with van der Waals surface area (Å²) in [6.45, 7) is 4.08. The molecule has 0 amide bonds. The topological polar surface area (TPSA) is 26.3 Å². The molecule has 0 saturated carbocycles. The average molecular weight is 405 g/mol. The van der Waals surface area contributed by atoms with Crippen LogP contribution in [0.4, 0.5) is 0 Å². The van der Waals surface area contributed by atoms with Crippen LogP contribution < -0.4 is 0 Å². The highest BCUT2D eigenvalue weighted by molar-refractivity contribution is 14.1. The first-order chi connectivity index (χ1) is 7.15. The van der Waals surface area contributed by atoms with Crippen molar-refractivity contribution in [2.75, 3.05) is 0 Å². The molecular formula is C10H14BrIO2S. The maximum atomic E-state index is 10.5. The van der Waals surface area contributed by atoms with E-state index in [2.05, 4.69) is 43.5 Å². The molecule has 0 spiro atoms. The predicted octanol–water partition coefficient (Wildman–Crippen LogP) is 4.45. The number of allylic oxidation sites excluding steroid dienone is 2. The Labute approximate surface area is 116 Å². The SMILES string of the molecule is CC(/C=C\I)=C\[C@H](C)[C@H](CC=O)OSBr. The van der Waals surface area contributed by atoms with Crippen molar-refractivity contribution >= 4 is 54.2 Å². The number of carbonyl (C=O) groups excluding carboxylic acids is 1. The molecule has 5 heteroatoms. The van der Waals surface area contributed by atoms with Crippen LogP contribution in [0.25, 0.3) is 0 Å². The number of rotatable bonds is 7. The molecule has 0 rings (SSSR count). The fraction of sp³-hybridized carbons (Fsp3) is 0.500. The minimum absolute atomic E-state index is 0.0792.